The average Bonchev–Trinajstić information content (AvgIpc) is 3.20. The number of carbonyl (C=O) groups excluding carboxylic acids is 2. The van der Waals surface area contributed by atoms with E-state index in [0.29, 0.717) is 43.7 Å². The van der Waals surface area contributed by atoms with Crippen LogP contribution in [0.2, 0.25) is 5.02 Å². The van der Waals surface area contributed by atoms with Crippen molar-refractivity contribution >= 4 is 34.2 Å². The molecule has 6 heteroatoms. The molecule has 4 rings (SSSR count). The van der Waals surface area contributed by atoms with Crippen LogP contribution in [0.5, 0.6) is 5.75 Å². The summed E-state index contributed by atoms with van der Waals surface area (Å²) in [6, 6.07) is 19.8. The van der Waals surface area contributed by atoms with Gasteiger partial charge in [-0.15, -0.1) is 0 Å². The molecule has 1 fully saturated rings. The Kier molecular flexibility index (Phi) is 7.19. The van der Waals surface area contributed by atoms with E-state index in [9.17, 15) is 9.59 Å². The first-order valence-electron chi connectivity index (χ1n) is 11.4. The number of benzene rings is 3. The number of halogens is 1. The molecule has 0 bridgehead atoms. The molecule has 172 valence electrons. The second kappa shape index (κ2) is 10.3. The van der Waals surface area contributed by atoms with Gasteiger partial charge in [0.05, 0.1) is 7.11 Å². The van der Waals surface area contributed by atoms with Gasteiger partial charge >= 0.3 is 0 Å². The van der Waals surface area contributed by atoms with Crippen LogP contribution < -0.4 is 15.4 Å². The summed E-state index contributed by atoms with van der Waals surface area (Å²) in [5.74, 6) is 0.867. The zero-order chi connectivity index (χ0) is 23.3. The SMILES string of the molecule is COc1ccc(CC2(CCC(=O)NCCc3ccccc3Cl)CCC(=O)N2)c2ccccc12. The third kappa shape index (κ3) is 5.48. The Morgan fingerprint density at radius 1 is 1.06 bits per heavy atom. The molecule has 33 heavy (non-hydrogen) atoms. The van der Waals surface area contributed by atoms with Crippen molar-refractivity contribution in [2.75, 3.05) is 13.7 Å². The number of fused-ring (bicyclic) bond motifs is 1. The van der Waals surface area contributed by atoms with Crippen LogP contribution in [-0.2, 0) is 22.4 Å². The number of hydrogen-bond acceptors (Lipinski definition) is 3. The van der Waals surface area contributed by atoms with E-state index in [-0.39, 0.29) is 11.8 Å². The highest BCUT2D eigenvalue weighted by Gasteiger charge is 2.38. The first-order chi connectivity index (χ1) is 16.0. The second-order valence-corrected chi connectivity index (χ2v) is 9.08. The lowest BCUT2D eigenvalue weighted by atomic mass is 9.83. The zero-order valence-corrected chi connectivity index (χ0v) is 19.6. The third-order valence-electron chi connectivity index (χ3n) is 6.46. The van der Waals surface area contributed by atoms with E-state index in [1.54, 1.807) is 7.11 Å². The van der Waals surface area contributed by atoms with Gasteiger partial charge in [0.2, 0.25) is 11.8 Å². The predicted molar refractivity (Wildman–Crippen MR) is 132 cm³/mol. The van der Waals surface area contributed by atoms with Gasteiger partial charge in [-0.05, 0) is 54.3 Å². The van der Waals surface area contributed by atoms with Crippen molar-refractivity contribution in [1.29, 1.82) is 0 Å². The number of nitrogens with one attached hydrogen (secondary N) is 2. The molecule has 1 unspecified atom stereocenters. The van der Waals surface area contributed by atoms with E-state index in [2.05, 4.69) is 22.8 Å². The molecule has 2 amide bonds. The van der Waals surface area contributed by atoms with Gasteiger partial charge in [-0.2, -0.15) is 0 Å². The van der Waals surface area contributed by atoms with Gasteiger partial charge in [0, 0.05) is 35.3 Å². The topological polar surface area (TPSA) is 67.4 Å². The lowest BCUT2D eigenvalue weighted by Crippen LogP contribution is -2.44. The number of hydrogen-bond donors (Lipinski definition) is 2. The molecule has 0 spiro atoms. The highest BCUT2D eigenvalue weighted by molar-refractivity contribution is 6.31. The van der Waals surface area contributed by atoms with Crippen molar-refractivity contribution in [2.24, 2.45) is 0 Å². The summed E-state index contributed by atoms with van der Waals surface area (Å²) in [6.45, 7) is 0.533. The van der Waals surface area contributed by atoms with Crippen LogP contribution in [-0.4, -0.2) is 31.0 Å². The van der Waals surface area contributed by atoms with Crippen LogP contribution in [0, 0.1) is 0 Å². The molecule has 0 aliphatic carbocycles. The highest BCUT2D eigenvalue weighted by Crippen LogP contribution is 2.34. The van der Waals surface area contributed by atoms with E-state index in [1.165, 1.54) is 0 Å². The summed E-state index contributed by atoms with van der Waals surface area (Å²) < 4.78 is 5.52. The molecule has 0 radical (unpaired) electrons. The van der Waals surface area contributed by atoms with Crippen molar-refractivity contribution in [3.05, 3.63) is 76.8 Å². The van der Waals surface area contributed by atoms with Crippen LogP contribution in [0.15, 0.2) is 60.7 Å². The normalized spacial score (nSPS) is 17.7. The number of ether oxygens (including phenoxy) is 1. The number of carbonyl (C=O) groups is 2. The Morgan fingerprint density at radius 3 is 2.55 bits per heavy atom. The molecule has 1 atom stereocenters. The molecule has 5 nitrogen and oxygen atoms in total. The van der Waals surface area contributed by atoms with E-state index in [0.717, 1.165) is 34.1 Å². The number of amides is 2. The van der Waals surface area contributed by atoms with Crippen molar-refractivity contribution < 1.29 is 14.3 Å². The fourth-order valence-corrected chi connectivity index (χ4v) is 4.92. The van der Waals surface area contributed by atoms with Crippen LogP contribution in [0.1, 0.15) is 36.8 Å². The number of rotatable bonds is 9. The minimum absolute atomic E-state index is 0.0119. The van der Waals surface area contributed by atoms with Crippen LogP contribution >= 0.6 is 11.6 Å². The van der Waals surface area contributed by atoms with Crippen LogP contribution in [0.25, 0.3) is 10.8 Å². The lowest BCUT2D eigenvalue weighted by Gasteiger charge is -2.30. The maximum absolute atomic E-state index is 12.6. The van der Waals surface area contributed by atoms with E-state index in [4.69, 9.17) is 16.3 Å². The molecular formula is C27H29ClN2O3. The van der Waals surface area contributed by atoms with Crippen molar-refractivity contribution in [2.45, 2.75) is 44.1 Å². The summed E-state index contributed by atoms with van der Waals surface area (Å²) in [5.41, 5.74) is 1.74. The quantitative estimate of drug-likeness (QED) is 0.476. The maximum atomic E-state index is 12.6. The standard InChI is InChI=1S/C27H29ClN2O3/c1-33-24-11-10-20(21-7-3-4-8-22(21)24)18-27(16-13-26(32)30-27)15-12-25(31)29-17-14-19-6-2-5-9-23(19)28/h2-11H,12-18H2,1H3,(H,29,31)(H,30,32). The molecular weight excluding hydrogens is 436 g/mol. The van der Waals surface area contributed by atoms with E-state index >= 15 is 0 Å². The average molecular weight is 465 g/mol. The molecule has 0 aromatic heterocycles. The van der Waals surface area contributed by atoms with Gasteiger partial charge in [0.15, 0.2) is 0 Å². The van der Waals surface area contributed by atoms with Gasteiger partial charge in [-0.25, -0.2) is 0 Å². The summed E-state index contributed by atoms with van der Waals surface area (Å²) >= 11 is 6.20. The molecule has 0 saturated carbocycles. The Labute approximate surface area is 199 Å². The fraction of sp³-hybridized carbons (Fsp3) is 0.333. The lowest BCUT2D eigenvalue weighted by molar-refractivity contribution is -0.122. The van der Waals surface area contributed by atoms with Gasteiger partial charge in [0.25, 0.3) is 0 Å². The predicted octanol–water partition coefficient (Wildman–Crippen LogP) is 4.83. The Bertz CT molecular complexity index is 1160. The second-order valence-electron chi connectivity index (χ2n) is 8.67. The Morgan fingerprint density at radius 2 is 1.82 bits per heavy atom. The van der Waals surface area contributed by atoms with E-state index in [1.807, 2.05) is 48.5 Å². The minimum atomic E-state index is -0.422. The summed E-state index contributed by atoms with van der Waals surface area (Å²) in [6.07, 6.45) is 3.52. The summed E-state index contributed by atoms with van der Waals surface area (Å²) in [7, 11) is 1.67. The van der Waals surface area contributed by atoms with Gasteiger partial charge in [-0.3, -0.25) is 9.59 Å². The molecule has 1 aliphatic heterocycles. The van der Waals surface area contributed by atoms with Crippen molar-refractivity contribution in [3.63, 3.8) is 0 Å². The van der Waals surface area contributed by atoms with Gasteiger partial charge < -0.3 is 15.4 Å². The highest BCUT2D eigenvalue weighted by atomic mass is 35.5. The maximum Gasteiger partial charge on any atom is 0.220 e. The van der Waals surface area contributed by atoms with Crippen molar-refractivity contribution in [3.8, 4) is 5.75 Å². The van der Waals surface area contributed by atoms with Crippen LogP contribution in [0.3, 0.4) is 0 Å². The fourth-order valence-electron chi connectivity index (χ4n) is 4.69. The number of methoxy groups -OCH3 is 1. The first-order valence-corrected chi connectivity index (χ1v) is 11.7. The van der Waals surface area contributed by atoms with Gasteiger partial charge in [-0.1, -0.05) is 60.1 Å². The molecule has 3 aromatic rings. The minimum Gasteiger partial charge on any atom is -0.496 e. The smallest absolute Gasteiger partial charge is 0.220 e. The molecule has 1 saturated heterocycles. The molecule has 3 aromatic carbocycles. The largest absolute Gasteiger partial charge is 0.496 e. The summed E-state index contributed by atoms with van der Waals surface area (Å²) in [5, 5.41) is 9.06. The zero-order valence-electron chi connectivity index (χ0n) is 18.8. The van der Waals surface area contributed by atoms with Crippen LogP contribution in [0.4, 0.5) is 0 Å². The molecule has 2 N–H and O–H groups in total. The third-order valence-corrected chi connectivity index (χ3v) is 6.83. The summed E-state index contributed by atoms with van der Waals surface area (Å²) in [4.78, 5) is 24.7. The Hall–Kier alpha value is -3.05. The Balaban J connectivity index is 1.42. The van der Waals surface area contributed by atoms with Gasteiger partial charge in [0.1, 0.15) is 5.75 Å². The van der Waals surface area contributed by atoms with Crippen molar-refractivity contribution in [1.82, 2.24) is 10.6 Å². The van der Waals surface area contributed by atoms with E-state index < -0.39 is 5.54 Å². The first kappa shape index (κ1) is 23.1. The molecule has 1 aliphatic rings. The molecule has 1 heterocycles. The monoisotopic (exact) mass is 464 g/mol.